The van der Waals surface area contributed by atoms with Crippen LogP contribution in [-0.4, -0.2) is 34.3 Å². The number of nitrogens with zero attached hydrogens (tertiary/aromatic N) is 2. The Labute approximate surface area is 172 Å². The van der Waals surface area contributed by atoms with Gasteiger partial charge < -0.3 is 18.9 Å². The average Bonchev–Trinajstić information content (AvgIpc) is 2.68. The molecule has 2 heterocycles. The number of benzene rings is 1. The molecule has 0 N–H and O–H groups in total. The molecule has 1 fully saturated rings. The van der Waals surface area contributed by atoms with E-state index in [0.717, 1.165) is 18.4 Å². The van der Waals surface area contributed by atoms with Crippen molar-refractivity contribution in [2.45, 2.75) is 52.4 Å². The molecule has 1 aliphatic heterocycles. The van der Waals surface area contributed by atoms with E-state index in [9.17, 15) is 9.59 Å². The van der Waals surface area contributed by atoms with Gasteiger partial charge in [-0.05, 0) is 51.2 Å². The highest BCUT2D eigenvalue weighted by molar-refractivity contribution is 5.68. The van der Waals surface area contributed by atoms with Gasteiger partial charge in [-0.15, -0.1) is 0 Å². The van der Waals surface area contributed by atoms with Crippen molar-refractivity contribution in [3.8, 4) is 5.75 Å². The highest BCUT2D eigenvalue weighted by Gasteiger charge is 2.27. The van der Waals surface area contributed by atoms with Crippen LogP contribution in [0.5, 0.6) is 5.75 Å². The molecule has 0 aliphatic carbocycles. The SMILES string of the molecule is CC(C)(C)OC(=O)N1CCCC(Cn2ccc(OCc3ccccc3)cc2=O)C1. The molecule has 1 amide bonds. The fourth-order valence-corrected chi connectivity index (χ4v) is 3.46. The Kier molecular flexibility index (Phi) is 6.62. The van der Waals surface area contributed by atoms with Gasteiger partial charge in [-0.25, -0.2) is 4.79 Å². The van der Waals surface area contributed by atoms with E-state index < -0.39 is 5.60 Å². The molecule has 0 radical (unpaired) electrons. The van der Waals surface area contributed by atoms with Crippen molar-refractivity contribution in [3.05, 3.63) is 64.6 Å². The van der Waals surface area contributed by atoms with Gasteiger partial charge in [0, 0.05) is 31.9 Å². The maximum absolute atomic E-state index is 12.5. The van der Waals surface area contributed by atoms with E-state index in [1.807, 2.05) is 57.2 Å². The van der Waals surface area contributed by atoms with E-state index in [1.165, 1.54) is 6.07 Å². The second kappa shape index (κ2) is 9.16. The van der Waals surface area contributed by atoms with Crippen molar-refractivity contribution in [3.63, 3.8) is 0 Å². The largest absolute Gasteiger partial charge is 0.489 e. The molecule has 6 heteroatoms. The fourth-order valence-electron chi connectivity index (χ4n) is 3.46. The second-order valence-corrected chi connectivity index (χ2v) is 8.56. The predicted molar refractivity (Wildman–Crippen MR) is 112 cm³/mol. The molecule has 6 nitrogen and oxygen atoms in total. The van der Waals surface area contributed by atoms with Crippen LogP contribution in [0.15, 0.2) is 53.5 Å². The van der Waals surface area contributed by atoms with Crippen LogP contribution in [-0.2, 0) is 17.9 Å². The summed E-state index contributed by atoms with van der Waals surface area (Å²) in [6.45, 7) is 7.92. The normalized spacial score (nSPS) is 17.1. The Hall–Kier alpha value is -2.76. The van der Waals surface area contributed by atoms with E-state index in [2.05, 4.69) is 0 Å². The number of hydrogen-bond acceptors (Lipinski definition) is 4. The first-order valence-electron chi connectivity index (χ1n) is 10.2. The number of carbonyl (C=O) groups excluding carboxylic acids is 1. The maximum Gasteiger partial charge on any atom is 0.410 e. The number of ether oxygens (including phenoxy) is 2. The lowest BCUT2D eigenvalue weighted by molar-refractivity contribution is 0.0156. The molecule has 0 saturated carbocycles. The number of likely N-dealkylation sites (tertiary alicyclic amines) is 1. The Bertz CT molecular complexity index is 870. The van der Waals surface area contributed by atoms with E-state index in [4.69, 9.17) is 9.47 Å². The molecular weight excluding hydrogens is 368 g/mol. The fraction of sp³-hybridized carbons (Fsp3) is 0.478. The minimum absolute atomic E-state index is 0.0926. The minimum Gasteiger partial charge on any atom is -0.489 e. The van der Waals surface area contributed by atoms with Crippen molar-refractivity contribution in [1.29, 1.82) is 0 Å². The number of pyridine rings is 1. The van der Waals surface area contributed by atoms with Crippen LogP contribution in [0.25, 0.3) is 0 Å². The van der Waals surface area contributed by atoms with E-state index in [-0.39, 0.29) is 17.6 Å². The zero-order chi connectivity index (χ0) is 20.9. The van der Waals surface area contributed by atoms with Crippen LogP contribution >= 0.6 is 0 Å². The summed E-state index contributed by atoms with van der Waals surface area (Å²) in [5.74, 6) is 0.791. The lowest BCUT2D eigenvalue weighted by Crippen LogP contribution is -2.44. The molecule has 1 aromatic heterocycles. The van der Waals surface area contributed by atoms with Crippen LogP contribution in [0.2, 0.25) is 0 Å². The summed E-state index contributed by atoms with van der Waals surface area (Å²) in [5.41, 5.74) is 0.461. The summed E-state index contributed by atoms with van der Waals surface area (Å²) < 4.78 is 12.9. The molecule has 156 valence electrons. The standard InChI is InChI=1S/C23H30N2O4/c1-23(2,3)29-22(27)25-12-7-10-19(16-25)15-24-13-11-20(14-21(24)26)28-17-18-8-5-4-6-9-18/h4-6,8-9,11,13-14,19H,7,10,12,15-17H2,1-3H3. The Morgan fingerprint density at radius 1 is 1.17 bits per heavy atom. The van der Waals surface area contributed by atoms with Gasteiger partial charge in [0.15, 0.2) is 0 Å². The number of aromatic nitrogens is 1. The summed E-state index contributed by atoms with van der Waals surface area (Å²) >= 11 is 0. The summed E-state index contributed by atoms with van der Waals surface area (Å²) in [5, 5.41) is 0. The molecule has 1 atom stereocenters. The third kappa shape index (κ3) is 6.38. The molecular formula is C23H30N2O4. The monoisotopic (exact) mass is 398 g/mol. The lowest BCUT2D eigenvalue weighted by atomic mass is 9.98. The first-order chi connectivity index (χ1) is 13.8. The third-order valence-corrected chi connectivity index (χ3v) is 4.84. The van der Waals surface area contributed by atoms with Gasteiger partial charge in [-0.2, -0.15) is 0 Å². The molecule has 1 aliphatic rings. The van der Waals surface area contributed by atoms with Gasteiger partial charge in [-0.1, -0.05) is 30.3 Å². The van der Waals surface area contributed by atoms with Gasteiger partial charge in [0.25, 0.3) is 5.56 Å². The maximum atomic E-state index is 12.5. The molecule has 1 aromatic carbocycles. The van der Waals surface area contributed by atoms with Crippen LogP contribution < -0.4 is 10.3 Å². The highest BCUT2D eigenvalue weighted by Crippen LogP contribution is 2.21. The molecule has 0 bridgehead atoms. The van der Waals surface area contributed by atoms with Crippen LogP contribution in [0, 0.1) is 5.92 Å². The van der Waals surface area contributed by atoms with E-state index in [1.54, 1.807) is 15.7 Å². The number of piperidine rings is 1. The second-order valence-electron chi connectivity index (χ2n) is 8.56. The molecule has 1 saturated heterocycles. The van der Waals surface area contributed by atoms with Gasteiger partial charge in [0.2, 0.25) is 0 Å². The lowest BCUT2D eigenvalue weighted by Gasteiger charge is -2.34. The molecule has 3 rings (SSSR count). The summed E-state index contributed by atoms with van der Waals surface area (Å²) in [4.78, 5) is 26.6. The minimum atomic E-state index is -0.503. The quantitative estimate of drug-likeness (QED) is 0.762. The summed E-state index contributed by atoms with van der Waals surface area (Å²) in [7, 11) is 0. The molecule has 29 heavy (non-hydrogen) atoms. The van der Waals surface area contributed by atoms with Crippen molar-refractivity contribution >= 4 is 6.09 Å². The number of hydrogen-bond donors (Lipinski definition) is 0. The zero-order valence-corrected chi connectivity index (χ0v) is 17.5. The summed E-state index contributed by atoms with van der Waals surface area (Å²) in [6.07, 6.45) is 3.39. The third-order valence-electron chi connectivity index (χ3n) is 4.84. The van der Waals surface area contributed by atoms with Crippen molar-refractivity contribution < 1.29 is 14.3 Å². The molecule has 2 aromatic rings. The van der Waals surface area contributed by atoms with Gasteiger partial charge in [0.1, 0.15) is 18.0 Å². The summed E-state index contributed by atoms with van der Waals surface area (Å²) in [6, 6.07) is 13.2. The molecule has 1 unspecified atom stereocenters. The molecule has 0 spiro atoms. The van der Waals surface area contributed by atoms with Crippen LogP contribution in [0.1, 0.15) is 39.2 Å². The zero-order valence-electron chi connectivity index (χ0n) is 17.5. The van der Waals surface area contributed by atoms with E-state index in [0.29, 0.717) is 32.0 Å². The Morgan fingerprint density at radius 3 is 2.62 bits per heavy atom. The highest BCUT2D eigenvalue weighted by atomic mass is 16.6. The predicted octanol–water partition coefficient (Wildman–Crippen LogP) is 4.07. The van der Waals surface area contributed by atoms with Crippen molar-refractivity contribution in [1.82, 2.24) is 9.47 Å². The number of carbonyl (C=O) groups is 1. The smallest absolute Gasteiger partial charge is 0.410 e. The van der Waals surface area contributed by atoms with E-state index >= 15 is 0 Å². The van der Waals surface area contributed by atoms with Gasteiger partial charge >= 0.3 is 6.09 Å². The number of amides is 1. The average molecular weight is 399 g/mol. The van der Waals surface area contributed by atoms with Crippen LogP contribution in [0.4, 0.5) is 4.79 Å². The Balaban J connectivity index is 1.57. The van der Waals surface area contributed by atoms with Gasteiger partial charge in [-0.3, -0.25) is 4.79 Å². The first kappa shape index (κ1) is 21.0. The van der Waals surface area contributed by atoms with Crippen molar-refractivity contribution in [2.24, 2.45) is 5.92 Å². The van der Waals surface area contributed by atoms with Crippen molar-refractivity contribution in [2.75, 3.05) is 13.1 Å². The number of rotatable bonds is 5. The Morgan fingerprint density at radius 2 is 1.93 bits per heavy atom. The van der Waals surface area contributed by atoms with Crippen LogP contribution in [0.3, 0.4) is 0 Å². The topological polar surface area (TPSA) is 60.8 Å². The van der Waals surface area contributed by atoms with Gasteiger partial charge in [0.05, 0.1) is 0 Å². The first-order valence-corrected chi connectivity index (χ1v) is 10.2.